The minimum Gasteiger partial charge on any atom is -0.494 e. The molecule has 1 aromatic carbocycles. The van der Waals surface area contributed by atoms with Crippen molar-refractivity contribution in [1.29, 1.82) is 0 Å². The van der Waals surface area contributed by atoms with Crippen molar-refractivity contribution < 1.29 is 13.2 Å². The molecule has 3 rings (SSSR count). The first-order valence-corrected chi connectivity index (χ1v) is 10.1. The Labute approximate surface area is 158 Å². The molecule has 0 bridgehead atoms. The summed E-state index contributed by atoms with van der Waals surface area (Å²) in [7, 11) is -3.60. The van der Waals surface area contributed by atoms with Crippen molar-refractivity contribution in [3.05, 3.63) is 55.1 Å². The van der Waals surface area contributed by atoms with E-state index in [1.54, 1.807) is 47.6 Å². The Morgan fingerprint density at radius 3 is 2.52 bits per heavy atom. The summed E-state index contributed by atoms with van der Waals surface area (Å²) in [6.45, 7) is 3.23. The predicted molar refractivity (Wildman–Crippen MR) is 101 cm³/mol. The highest BCUT2D eigenvalue weighted by atomic mass is 32.2. The van der Waals surface area contributed by atoms with Crippen LogP contribution in [0.15, 0.2) is 60.0 Å². The van der Waals surface area contributed by atoms with Crippen LogP contribution in [0.1, 0.15) is 13.3 Å². The maximum atomic E-state index is 12.4. The lowest BCUT2D eigenvalue weighted by atomic mass is 10.3. The summed E-state index contributed by atoms with van der Waals surface area (Å²) in [5.74, 6) is 1.74. The number of nitrogens with one attached hydrogen (secondary N) is 1. The van der Waals surface area contributed by atoms with Crippen molar-refractivity contribution in [2.45, 2.75) is 24.8 Å². The van der Waals surface area contributed by atoms with E-state index >= 15 is 0 Å². The van der Waals surface area contributed by atoms with Gasteiger partial charge in [0.15, 0.2) is 11.6 Å². The van der Waals surface area contributed by atoms with Gasteiger partial charge in [-0.1, -0.05) is 6.92 Å². The largest absolute Gasteiger partial charge is 0.494 e. The van der Waals surface area contributed by atoms with Crippen LogP contribution in [0.2, 0.25) is 0 Å². The second-order valence-corrected chi connectivity index (χ2v) is 7.50. The molecule has 0 aliphatic rings. The van der Waals surface area contributed by atoms with Crippen LogP contribution in [0.4, 0.5) is 0 Å². The van der Waals surface area contributed by atoms with E-state index in [1.807, 2.05) is 6.92 Å². The summed E-state index contributed by atoms with van der Waals surface area (Å²) in [5.41, 5.74) is 0. The van der Waals surface area contributed by atoms with Crippen molar-refractivity contribution in [2.75, 3.05) is 13.2 Å². The molecule has 0 radical (unpaired) electrons. The van der Waals surface area contributed by atoms with Crippen LogP contribution in [-0.2, 0) is 16.6 Å². The molecule has 0 aliphatic heterocycles. The molecule has 0 saturated carbocycles. The molecule has 0 spiro atoms. The number of hydrogen-bond donors (Lipinski definition) is 1. The molecule has 0 unspecified atom stereocenters. The van der Waals surface area contributed by atoms with E-state index in [1.165, 1.54) is 12.1 Å². The molecule has 0 amide bonds. The molecule has 0 atom stereocenters. The summed E-state index contributed by atoms with van der Waals surface area (Å²) in [6.07, 6.45) is 7.57. The molecular weight excluding hydrogens is 366 g/mol. The number of imidazole rings is 1. The molecule has 8 nitrogen and oxygen atoms in total. The number of nitrogens with zero attached hydrogens (tertiary/aromatic N) is 4. The molecule has 9 heteroatoms. The Kier molecular flexibility index (Phi) is 6.15. The first-order valence-electron chi connectivity index (χ1n) is 8.61. The van der Waals surface area contributed by atoms with Gasteiger partial charge in [-0.3, -0.25) is 0 Å². The lowest BCUT2D eigenvalue weighted by Gasteiger charge is -2.10. The average Bonchev–Trinajstić information content (AvgIpc) is 3.16. The summed E-state index contributed by atoms with van der Waals surface area (Å²) < 4.78 is 34.8. The van der Waals surface area contributed by atoms with Gasteiger partial charge in [-0.2, -0.15) is 0 Å². The number of rotatable bonds is 9. The molecular formula is C18H21N5O3S. The average molecular weight is 387 g/mol. The highest BCUT2D eigenvalue weighted by molar-refractivity contribution is 7.89. The van der Waals surface area contributed by atoms with Crippen LogP contribution in [0.25, 0.3) is 11.6 Å². The molecule has 142 valence electrons. The zero-order valence-corrected chi connectivity index (χ0v) is 15.8. The monoisotopic (exact) mass is 387 g/mol. The van der Waals surface area contributed by atoms with Crippen LogP contribution in [0, 0.1) is 0 Å². The number of aromatic nitrogens is 4. The fourth-order valence-corrected chi connectivity index (χ4v) is 3.45. The lowest BCUT2D eigenvalue weighted by molar-refractivity contribution is 0.317. The van der Waals surface area contributed by atoms with E-state index in [0.717, 1.165) is 6.42 Å². The molecule has 0 aliphatic carbocycles. The number of sulfonamides is 1. The van der Waals surface area contributed by atoms with Crippen LogP contribution in [0.3, 0.4) is 0 Å². The van der Waals surface area contributed by atoms with E-state index in [-0.39, 0.29) is 11.4 Å². The van der Waals surface area contributed by atoms with Gasteiger partial charge < -0.3 is 9.30 Å². The molecule has 2 aromatic heterocycles. The molecule has 3 aromatic rings. The van der Waals surface area contributed by atoms with E-state index in [9.17, 15) is 8.42 Å². The summed E-state index contributed by atoms with van der Waals surface area (Å²) >= 11 is 0. The Balaban J connectivity index is 1.61. The maximum absolute atomic E-state index is 12.4. The van der Waals surface area contributed by atoms with Crippen molar-refractivity contribution in [1.82, 2.24) is 24.2 Å². The summed E-state index contributed by atoms with van der Waals surface area (Å²) in [6, 6.07) is 8.11. The SMILES string of the molecule is CCCOc1ccc(S(=O)(=O)NCCn2ccnc2-c2ncccn2)cc1. The minimum absolute atomic E-state index is 0.198. The lowest BCUT2D eigenvalue weighted by Crippen LogP contribution is -2.27. The van der Waals surface area contributed by atoms with Gasteiger partial charge in [0.2, 0.25) is 10.0 Å². The van der Waals surface area contributed by atoms with Gasteiger partial charge in [-0.25, -0.2) is 28.1 Å². The number of ether oxygens (including phenoxy) is 1. The third-order valence-corrected chi connectivity index (χ3v) is 5.21. The van der Waals surface area contributed by atoms with Crippen LogP contribution in [-0.4, -0.2) is 41.1 Å². The summed E-state index contributed by atoms with van der Waals surface area (Å²) in [5, 5.41) is 0. The zero-order valence-electron chi connectivity index (χ0n) is 14.9. The van der Waals surface area contributed by atoms with Crippen LogP contribution < -0.4 is 9.46 Å². The predicted octanol–water partition coefficient (Wildman–Crippen LogP) is 2.11. The van der Waals surface area contributed by atoms with E-state index in [4.69, 9.17) is 4.74 Å². The van der Waals surface area contributed by atoms with E-state index in [2.05, 4.69) is 19.7 Å². The van der Waals surface area contributed by atoms with Crippen molar-refractivity contribution in [3.63, 3.8) is 0 Å². The van der Waals surface area contributed by atoms with Gasteiger partial charge in [0, 0.05) is 37.9 Å². The number of benzene rings is 1. The first kappa shape index (κ1) is 19.0. The van der Waals surface area contributed by atoms with Gasteiger partial charge in [-0.15, -0.1) is 0 Å². The van der Waals surface area contributed by atoms with Gasteiger partial charge in [0.25, 0.3) is 0 Å². The first-order chi connectivity index (χ1) is 13.1. The standard InChI is InChI=1S/C18H21N5O3S/c1-2-14-26-15-4-6-16(7-5-15)27(24,25)22-11-13-23-12-10-21-18(23)17-19-8-3-9-20-17/h3-10,12,22H,2,11,13-14H2,1H3. The zero-order chi connectivity index (χ0) is 19.1. The Bertz CT molecular complexity index is 956. The van der Waals surface area contributed by atoms with Crippen LogP contribution in [0.5, 0.6) is 5.75 Å². The molecule has 27 heavy (non-hydrogen) atoms. The highest BCUT2D eigenvalue weighted by Crippen LogP contribution is 2.16. The third-order valence-electron chi connectivity index (χ3n) is 3.73. The van der Waals surface area contributed by atoms with Crippen molar-refractivity contribution in [2.24, 2.45) is 0 Å². The topological polar surface area (TPSA) is 99.0 Å². The van der Waals surface area contributed by atoms with Gasteiger partial charge in [0.1, 0.15) is 5.75 Å². The van der Waals surface area contributed by atoms with Crippen molar-refractivity contribution in [3.8, 4) is 17.4 Å². The quantitative estimate of drug-likeness (QED) is 0.604. The molecule has 0 fully saturated rings. The van der Waals surface area contributed by atoms with Crippen LogP contribution >= 0.6 is 0 Å². The second kappa shape index (κ2) is 8.74. The number of hydrogen-bond acceptors (Lipinski definition) is 6. The molecule has 2 heterocycles. The van der Waals surface area contributed by atoms with E-state index in [0.29, 0.717) is 30.5 Å². The fraction of sp³-hybridized carbons (Fsp3) is 0.278. The van der Waals surface area contributed by atoms with Gasteiger partial charge in [-0.05, 0) is 36.8 Å². The molecule has 0 saturated heterocycles. The summed E-state index contributed by atoms with van der Waals surface area (Å²) in [4.78, 5) is 12.8. The van der Waals surface area contributed by atoms with Gasteiger partial charge >= 0.3 is 0 Å². The maximum Gasteiger partial charge on any atom is 0.240 e. The second-order valence-electron chi connectivity index (χ2n) is 5.73. The smallest absolute Gasteiger partial charge is 0.240 e. The fourth-order valence-electron chi connectivity index (χ4n) is 2.43. The van der Waals surface area contributed by atoms with Crippen molar-refractivity contribution >= 4 is 10.0 Å². The Hall–Kier alpha value is -2.78. The Morgan fingerprint density at radius 2 is 1.81 bits per heavy atom. The minimum atomic E-state index is -3.60. The Morgan fingerprint density at radius 1 is 1.07 bits per heavy atom. The van der Waals surface area contributed by atoms with Gasteiger partial charge in [0.05, 0.1) is 11.5 Å². The normalized spacial score (nSPS) is 11.4. The highest BCUT2D eigenvalue weighted by Gasteiger charge is 2.14. The molecule has 1 N–H and O–H groups in total. The third kappa shape index (κ3) is 4.89. The van der Waals surface area contributed by atoms with E-state index < -0.39 is 10.0 Å².